The Hall–Kier alpha value is -2.25. The lowest BCUT2D eigenvalue weighted by atomic mass is 10.0. The van der Waals surface area contributed by atoms with Crippen LogP contribution in [0, 0.1) is 0 Å². The van der Waals surface area contributed by atoms with Gasteiger partial charge in [-0.25, -0.2) is 0 Å². The Labute approximate surface area is 135 Å². The summed E-state index contributed by atoms with van der Waals surface area (Å²) in [4.78, 5) is 2.45. The fraction of sp³-hybridized carbons (Fsp3) is 0.100. The molecule has 1 aliphatic rings. The molecular weight excluding hydrogens is 290 g/mol. The fourth-order valence-corrected chi connectivity index (χ4v) is 3.28. The van der Waals surface area contributed by atoms with E-state index < -0.39 is 0 Å². The summed E-state index contributed by atoms with van der Waals surface area (Å²) in [7, 11) is 0. The fourth-order valence-electron chi connectivity index (χ4n) is 3.15. The zero-order valence-corrected chi connectivity index (χ0v) is 12.8. The predicted molar refractivity (Wildman–Crippen MR) is 92.3 cm³/mol. The van der Waals surface area contributed by atoms with E-state index in [1.54, 1.807) is 0 Å². The molecule has 3 aromatic rings. The van der Waals surface area contributed by atoms with Gasteiger partial charge in [0, 0.05) is 10.7 Å². The van der Waals surface area contributed by atoms with Crippen LogP contribution >= 0.6 is 11.6 Å². The van der Waals surface area contributed by atoms with Crippen molar-refractivity contribution in [3.8, 4) is 0 Å². The molecule has 2 heteroatoms. The van der Waals surface area contributed by atoms with E-state index in [9.17, 15) is 0 Å². The van der Waals surface area contributed by atoms with Gasteiger partial charge in [-0.3, -0.25) is 0 Å². The maximum Gasteiger partial charge on any atom is 0.0795 e. The van der Waals surface area contributed by atoms with Crippen molar-refractivity contribution in [3.05, 3.63) is 101 Å². The minimum atomic E-state index is 0.393. The van der Waals surface area contributed by atoms with Gasteiger partial charge in [0.05, 0.1) is 12.1 Å². The second-order valence-electron chi connectivity index (χ2n) is 5.59. The molecule has 108 valence electrons. The quantitative estimate of drug-likeness (QED) is 0.566. The lowest BCUT2D eigenvalue weighted by molar-refractivity contribution is 1.03. The van der Waals surface area contributed by atoms with Gasteiger partial charge < -0.3 is 4.90 Å². The maximum absolute atomic E-state index is 6.03. The molecule has 0 amide bonds. The van der Waals surface area contributed by atoms with Crippen LogP contribution in [0.25, 0.3) is 0 Å². The Balaban J connectivity index is 1.73. The van der Waals surface area contributed by atoms with Crippen LogP contribution in [0.2, 0.25) is 5.02 Å². The lowest BCUT2D eigenvalue weighted by Gasteiger charge is -2.06. The molecule has 0 bridgehead atoms. The largest absolute Gasteiger partial charge is 0.353 e. The second-order valence-corrected chi connectivity index (χ2v) is 6.03. The van der Waals surface area contributed by atoms with E-state index in [-0.39, 0.29) is 0 Å². The molecule has 1 aliphatic heterocycles. The average molecular weight is 306 g/mol. The molecule has 0 aromatic heterocycles. The van der Waals surface area contributed by atoms with Gasteiger partial charge >= 0.3 is 0 Å². The molecule has 0 spiro atoms. The zero-order valence-electron chi connectivity index (χ0n) is 12.1. The maximum atomic E-state index is 6.03. The third kappa shape index (κ3) is 2.38. The Kier molecular flexibility index (Phi) is 3.36. The molecule has 0 aliphatic carbocycles. The molecule has 0 radical (unpaired) electrons. The van der Waals surface area contributed by atoms with Crippen molar-refractivity contribution < 1.29 is 0 Å². The van der Waals surface area contributed by atoms with Gasteiger partial charge in [0.15, 0.2) is 0 Å². The Bertz CT molecular complexity index is 707. The molecule has 1 nitrogen and oxygen atoms in total. The number of benzene rings is 3. The van der Waals surface area contributed by atoms with Crippen LogP contribution in [-0.2, 0) is 0 Å². The van der Waals surface area contributed by atoms with Gasteiger partial charge in [-0.2, -0.15) is 0 Å². The van der Waals surface area contributed by atoms with Crippen molar-refractivity contribution in [3.63, 3.8) is 0 Å². The summed E-state index contributed by atoms with van der Waals surface area (Å²) in [5.41, 5.74) is 3.92. The van der Waals surface area contributed by atoms with Gasteiger partial charge in [-0.05, 0) is 35.4 Å². The van der Waals surface area contributed by atoms with Gasteiger partial charge in [0.25, 0.3) is 0 Å². The Morgan fingerprint density at radius 2 is 1.05 bits per heavy atom. The summed E-state index contributed by atoms with van der Waals surface area (Å²) in [5.74, 6) is 0. The van der Waals surface area contributed by atoms with Gasteiger partial charge in [-0.15, -0.1) is 0 Å². The first-order valence-electron chi connectivity index (χ1n) is 7.48. The number of hydrogen-bond acceptors (Lipinski definition) is 1. The normalized spacial score (nSPS) is 20.0. The third-order valence-electron chi connectivity index (χ3n) is 4.22. The smallest absolute Gasteiger partial charge is 0.0795 e. The molecule has 1 fully saturated rings. The molecule has 1 heterocycles. The number of rotatable bonds is 3. The topological polar surface area (TPSA) is 3.01 Å². The van der Waals surface area contributed by atoms with E-state index >= 15 is 0 Å². The number of anilines is 1. The second kappa shape index (κ2) is 5.51. The summed E-state index contributed by atoms with van der Waals surface area (Å²) in [6.45, 7) is 0. The van der Waals surface area contributed by atoms with E-state index in [4.69, 9.17) is 11.6 Å². The van der Waals surface area contributed by atoms with Crippen LogP contribution < -0.4 is 4.90 Å². The van der Waals surface area contributed by atoms with Crippen molar-refractivity contribution in [2.45, 2.75) is 12.1 Å². The van der Waals surface area contributed by atoms with Crippen molar-refractivity contribution in [1.29, 1.82) is 0 Å². The van der Waals surface area contributed by atoms with Crippen LogP contribution in [0.5, 0.6) is 0 Å². The van der Waals surface area contributed by atoms with Crippen molar-refractivity contribution in [2.24, 2.45) is 0 Å². The molecular formula is C20H16ClN. The van der Waals surface area contributed by atoms with E-state index in [2.05, 4.69) is 77.7 Å². The van der Waals surface area contributed by atoms with E-state index in [1.165, 1.54) is 16.8 Å². The standard InChI is InChI=1S/C20H16ClN/c21-17-11-13-18(14-12-17)22-19(15-7-3-1-4-8-15)20(22)16-9-5-2-6-10-16/h1-14,19-20H. The van der Waals surface area contributed by atoms with Crippen molar-refractivity contribution in [1.82, 2.24) is 0 Å². The highest BCUT2D eigenvalue weighted by Gasteiger charge is 2.49. The van der Waals surface area contributed by atoms with Gasteiger partial charge in [0.1, 0.15) is 0 Å². The monoisotopic (exact) mass is 305 g/mol. The molecule has 0 saturated carbocycles. The highest BCUT2D eigenvalue weighted by Crippen LogP contribution is 2.56. The average Bonchev–Trinajstić information content (AvgIpc) is 3.33. The Morgan fingerprint density at radius 1 is 0.591 bits per heavy atom. The van der Waals surface area contributed by atoms with Gasteiger partial charge in [0.2, 0.25) is 0 Å². The van der Waals surface area contributed by atoms with E-state index in [0.29, 0.717) is 12.1 Å². The number of halogens is 1. The minimum absolute atomic E-state index is 0.393. The number of hydrogen-bond donors (Lipinski definition) is 0. The highest BCUT2D eigenvalue weighted by molar-refractivity contribution is 6.30. The van der Waals surface area contributed by atoms with Crippen LogP contribution in [-0.4, -0.2) is 0 Å². The van der Waals surface area contributed by atoms with E-state index in [0.717, 1.165) is 5.02 Å². The molecule has 3 aromatic carbocycles. The van der Waals surface area contributed by atoms with E-state index in [1.807, 2.05) is 12.1 Å². The highest BCUT2D eigenvalue weighted by atomic mass is 35.5. The van der Waals surface area contributed by atoms with Crippen LogP contribution in [0.15, 0.2) is 84.9 Å². The molecule has 2 unspecified atom stereocenters. The summed E-state index contributed by atoms with van der Waals surface area (Å²) >= 11 is 6.03. The van der Waals surface area contributed by atoms with Crippen molar-refractivity contribution >= 4 is 17.3 Å². The first-order chi connectivity index (χ1) is 10.8. The molecule has 1 saturated heterocycles. The summed E-state index contributed by atoms with van der Waals surface area (Å²) in [6, 6.07) is 30.3. The SMILES string of the molecule is Clc1ccc(N2C(c3ccccc3)C2c2ccccc2)cc1. The molecule has 2 atom stereocenters. The van der Waals surface area contributed by atoms with Crippen LogP contribution in [0.4, 0.5) is 5.69 Å². The molecule has 22 heavy (non-hydrogen) atoms. The minimum Gasteiger partial charge on any atom is -0.353 e. The summed E-state index contributed by atoms with van der Waals surface area (Å²) < 4.78 is 0. The van der Waals surface area contributed by atoms with Crippen LogP contribution in [0.3, 0.4) is 0 Å². The summed E-state index contributed by atoms with van der Waals surface area (Å²) in [5, 5.41) is 0.776. The zero-order chi connectivity index (χ0) is 14.9. The van der Waals surface area contributed by atoms with Crippen molar-refractivity contribution in [2.75, 3.05) is 4.90 Å². The van der Waals surface area contributed by atoms with Crippen LogP contribution in [0.1, 0.15) is 23.2 Å². The summed E-state index contributed by atoms with van der Waals surface area (Å²) in [6.07, 6.45) is 0. The predicted octanol–water partition coefficient (Wildman–Crippen LogP) is 5.64. The third-order valence-corrected chi connectivity index (χ3v) is 4.47. The first kappa shape index (κ1) is 13.4. The number of nitrogens with zero attached hydrogens (tertiary/aromatic N) is 1. The van der Waals surface area contributed by atoms with Gasteiger partial charge in [-0.1, -0.05) is 72.3 Å². The molecule has 0 N–H and O–H groups in total. The molecule has 4 rings (SSSR count). The first-order valence-corrected chi connectivity index (χ1v) is 7.86. The Morgan fingerprint density at radius 3 is 1.50 bits per heavy atom. The lowest BCUT2D eigenvalue weighted by Crippen LogP contribution is -1.95.